The van der Waals surface area contributed by atoms with Crippen LogP contribution in [-0.2, 0) is 4.79 Å². The topological polar surface area (TPSA) is 43.1 Å². The molecule has 0 aromatic carbocycles. The molecule has 0 aromatic rings. The van der Waals surface area contributed by atoms with Gasteiger partial charge < -0.3 is 5.73 Å². The summed E-state index contributed by atoms with van der Waals surface area (Å²) in [6.07, 6.45) is 2.27. The number of hydrogen-bond donors (Lipinski definition) is 1. The van der Waals surface area contributed by atoms with Crippen molar-refractivity contribution in [3.63, 3.8) is 0 Å². The smallest absolute Gasteiger partial charge is 0.131 e. The highest BCUT2D eigenvalue weighted by Crippen LogP contribution is 2.15. The Hall–Kier alpha value is -0.370. The molecule has 0 saturated heterocycles. The summed E-state index contributed by atoms with van der Waals surface area (Å²) in [6, 6.07) is 0. The van der Waals surface area contributed by atoms with Crippen LogP contribution in [0.1, 0.15) is 40.0 Å². The van der Waals surface area contributed by atoms with Gasteiger partial charge >= 0.3 is 0 Å². The summed E-state index contributed by atoms with van der Waals surface area (Å²) < 4.78 is 0. The SMILES string of the molecule is CCC(N)(CC)CC(C)=O. The van der Waals surface area contributed by atoms with Crippen LogP contribution in [0.15, 0.2) is 0 Å². The zero-order chi connectivity index (χ0) is 8.20. The Morgan fingerprint density at radius 1 is 1.40 bits per heavy atom. The molecule has 0 saturated carbocycles. The van der Waals surface area contributed by atoms with Crippen LogP contribution in [-0.4, -0.2) is 11.3 Å². The van der Waals surface area contributed by atoms with Gasteiger partial charge in [0, 0.05) is 12.0 Å². The number of nitrogens with two attached hydrogens (primary N) is 1. The number of ketones is 1. The molecule has 10 heavy (non-hydrogen) atoms. The molecule has 0 heterocycles. The predicted octanol–water partition coefficient (Wildman–Crippen LogP) is 1.48. The van der Waals surface area contributed by atoms with Crippen LogP contribution in [0.4, 0.5) is 0 Å². The maximum atomic E-state index is 10.7. The Kier molecular flexibility index (Phi) is 3.58. The Balaban J connectivity index is 3.92. The van der Waals surface area contributed by atoms with Gasteiger partial charge in [-0.3, -0.25) is 4.79 Å². The fourth-order valence-corrected chi connectivity index (χ4v) is 0.996. The third-order valence-electron chi connectivity index (χ3n) is 2.01. The van der Waals surface area contributed by atoms with Crippen molar-refractivity contribution >= 4 is 5.78 Å². The van der Waals surface area contributed by atoms with Crippen LogP contribution >= 0.6 is 0 Å². The van der Waals surface area contributed by atoms with Crippen LogP contribution in [0, 0.1) is 0 Å². The fourth-order valence-electron chi connectivity index (χ4n) is 0.996. The largest absolute Gasteiger partial charge is 0.325 e. The number of carbonyl (C=O) groups excluding carboxylic acids is 1. The number of hydrogen-bond acceptors (Lipinski definition) is 2. The average molecular weight is 143 g/mol. The normalized spacial score (nSPS) is 11.6. The third-order valence-corrected chi connectivity index (χ3v) is 2.01. The Morgan fingerprint density at radius 3 is 1.90 bits per heavy atom. The molecule has 60 valence electrons. The summed E-state index contributed by atoms with van der Waals surface area (Å²) in [5, 5.41) is 0. The van der Waals surface area contributed by atoms with Crippen LogP contribution in [0.3, 0.4) is 0 Å². The highest BCUT2D eigenvalue weighted by molar-refractivity contribution is 5.76. The zero-order valence-corrected chi connectivity index (χ0v) is 7.11. The molecule has 0 aliphatic rings. The van der Waals surface area contributed by atoms with Gasteiger partial charge in [-0.15, -0.1) is 0 Å². The molecule has 0 bridgehead atoms. The molecule has 2 nitrogen and oxygen atoms in total. The molecule has 2 N–H and O–H groups in total. The molecule has 0 rings (SSSR count). The van der Waals surface area contributed by atoms with Crippen molar-refractivity contribution in [3.05, 3.63) is 0 Å². The van der Waals surface area contributed by atoms with Gasteiger partial charge in [-0.05, 0) is 19.8 Å². The van der Waals surface area contributed by atoms with E-state index in [2.05, 4.69) is 0 Å². The summed E-state index contributed by atoms with van der Waals surface area (Å²) in [7, 11) is 0. The highest BCUT2D eigenvalue weighted by atomic mass is 16.1. The first-order chi connectivity index (χ1) is 4.54. The van der Waals surface area contributed by atoms with E-state index in [1.165, 1.54) is 0 Å². The summed E-state index contributed by atoms with van der Waals surface area (Å²) in [5.74, 6) is 0.186. The van der Waals surface area contributed by atoms with Gasteiger partial charge in [0.05, 0.1) is 0 Å². The lowest BCUT2D eigenvalue weighted by atomic mass is 9.89. The molecule has 0 unspecified atom stereocenters. The van der Waals surface area contributed by atoms with E-state index in [0.29, 0.717) is 6.42 Å². The Morgan fingerprint density at radius 2 is 1.80 bits per heavy atom. The summed E-state index contributed by atoms with van der Waals surface area (Å²) >= 11 is 0. The molecule has 0 radical (unpaired) electrons. The Bertz CT molecular complexity index is 116. The van der Waals surface area contributed by atoms with Crippen molar-refractivity contribution in [2.45, 2.75) is 45.6 Å². The first-order valence-corrected chi connectivity index (χ1v) is 3.82. The van der Waals surface area contributed by atoms with E-state index in [1.807, 2.05) is 13.8 Å². The van der Waals surface area contributed by atoms with Crippen molar-refractivity contribution in [2.24, 2.45) is 5.73 Å². The van der Waals surface area contributed by atoms with Crippen molar-refractivity contribution in [3.8, 4) is 0 Å². The lowest BCUT2D eigenvalue weighted by Gasteiger charge is -2.24. The van der Waals surface area contributed by atoms with E-state index in [-0.39, 0.29) is 11.3 Å². The lowest BCUT2D eigenvalue weighted by molar-refractivity contribution is -0.118. The standard InChI is InChI=1S/C8H17NO/c1-4-8(9,5-2)6-7(3)10/h4-6,9H2,1-3H3. The fraction of sp³-hybridized carbons (Fsp3) is 0.875. The van der Waals surface area contributed by atoms with E-state index in [9.17, 15) is 4.79 Å². The van der Waals surface area contributed by atoms with Gasteiger partial charge in [-0.1, -0.05) is 13.8 Å². The van der Waals surface area contributed by atoms with E-state index < -0.39 is 0 Å². The average Bonchev–Trinajstić information content (AvgIpc) is 1.87. The molecule has 2 heteroatoms. The van der Waals surface area contributed by atoms with Crippen LogP contribution in [0.25, 0.3) is 0 Å². The Labute approximate surface area is 62.8 Å². The molecule has 0 amide bonds. The van der Waals surface area contributed by atoms with Gasteiger partial charge in [0.1, 0.15) is 5.78 Å². The van der Waals surface area contributed by atoms with Crippen molar-refractivity contribution in [1.29, 1.82) is 0 Å². The second-order valence-electron chi connectivity index (χ2n) is 2.95. The van der Waals surface area contributed by atoms with E-state index >= 15 is 0 Å². The minimum absolute atomic E-state index is 0.186. The molecule has 0 aliphatic carbocycles. The molecule has 0 fully saturated rings. The quantitative estimate of drug-likeness (QED) is 0.647. The van der Waals surface area contributed by atoms with Gasteiger partial charge in [0.2, 0.25) is 0 Å². The predicted molar refractivity (Wildman–Crippen MR) is 42.8 cm³/mol. The molecule has 0 atom stereocenters. The second kappa shape index (κ2) is 3.71. The lowest BCUT2D eigenvalue weighted by Crippen LogP contribution is -2.39. The highest BCUT2D eigenvalue weighted by Gasteiger charge is 2.21. The minimum Gasteiger partial charge on any atom is -0.325 e. The molecular weight excluding hydrogens is 126 g/mol. The monoisotopic (exact) mass is 143 g/mol. The van der Waals surface area contributed by atoms with Gasteiger partial charge in [0.25, 0.3) is 0 Å². The van der Waals surface area contributed by atoms with Crippen molar-refractivity contribution < 1.29 is 4.79 Å². The minimum atomic E-state index is -0.244. The molecule has 0 spiro atoms. The van der Waals surface area contributed by atoms with Crippen LogP contribution in [0.5, 0.6) is 0 Å². The van der Waals surface area contributed by atoms with Gasteiger partial charge in [-0.25, -0.2) is 0 Å². The summed E-state index contributed by atoms with van der Waals surface area (Å²) in [5.41, 5.74) is 5.63. The summed E-state index contributed by atoms with van der Waals surface area (Å²) in [4.78, 5) is 10.7. The van der Waals surface area contributed by atoms with Crippen molar-refractivity contribution in [1.82, 2.24) is 0 Å². The van der Waals surface area contributed by atoms with E-state index in [4.69, 9.17) is 5.73 Å². The second-order valence-corrected chi connectivity index (χ2v) is 2.95. The van der Waals surface area contributed by atoms with Gasteiger partial charge in [-0.2, -0.15) is 0 Å². The first kappa shape index (κ1) is 9.63. The first-order valence-electron chi connectivity index (χ1n) is 3.82. The maximum Gasteiger partial charge on any atom is 0.131 e. The number of rotatable bonds is 4. The van der Waals surface area contributed by atoms with Crippen LogP contribution < -0.4 is 5.73 Å². The van der Waals surface area contributed by atoms with Crippen molar-refractivity contribution in [2.75, 3.05) is 0 Å². The van der Waals surface area contributed by atoms with E-state index in [1.54, 1.807) is 6.92 Å². The van der Waals surface area contributed by atoms with E-state index in [0.717, 1.165) is 12.8 Å². The molecule has 0 aliphatic heterocycles. The van der Waals surface area contributed by atoms with Crippen LogP contribution in [0.2, 0.25) is 0 Å². The molecular formula is C8H17NO. The molecule has 0 aromatic heterocycles. The third kappa shape index (κ3) is 2.97. The van der Waals surface area contributed by atoms with Gasteiger partial charge in [0.15, 0.2) is 0 Å². The summed E-state index contributed by atoms with van der Waals surface area (Å²) in [6.45, 7) is 5.63. The maximum absolute atomic E-state index is 10.7. The number of carbonyl (C=O) groups is 1. The number of Topliss-reactive ketones (excluding diaryl/α,β-unsaturated/α-hetero) is 1. The zero-order valence-electron chi connectivity index (χ0n) is 7.11.